The van der Waals surface area contributed by atoms with Crippen LogP contribution in [0.3, 0.4) is 0 Å². The largest absolute Gasteiger partial charge is 0.396 e. The standard InChI is InChI=1S/C9H18O2/c1-9(2)5-8-11-7-4-3-6-10/h5,10H,3-4,6-8H2,1-2H3. The number of unbranched alkanes of at least 4 members (excludes halogenated alkanes) is 1. The maximum absolute atomic E-state index is 8.44. The molecule has 0 aromatic carbocycles. The van der Waals surface area contributed by atoms with Crippen molar-refractivity contribution in [1.82, 2.24) is 0 Å². The first-order valence-electron chi connectivity index (χ1n) is 4.09. The molecule has 0 aromatic heterocycles. The first-order valence-corrected chi connectivity index (χ1v) is 4.09. The third-order valence-corrected chi connectivity index (χ3v) is 1.31. The van der Waals surface area contributed by atoms with E-state index in [1.165, 1.54) is 5.57 Å². The molecule has 0 atom stereocenters. The van der Waals surface area contributed by atoms with Gasteiger partial charge in [0.2, 0.25) is 0 Å². The van der Waals surface area contributed by atoms with Crippen LogP contribution in [0.15, 0.2) is 11.6 Å². The minimum atomic E-state index is 0.270. The average molecular weight is 158 g/mol. The van der Waals surface area contributed by atoms with E-state index in [-0.39, 0.29) is 6.61 Å². The van der Waals surface area contributed by atoms with Crippen molar-refractivity contribution in [2.45, 2.75) is 26.7 Å². The van der Waals surface area contributed by atoms with Gasteiger partial charge in [0.25, 0.3) is 0 Å². The van der Waals surface area contributed by atoms with E-state index >= 15 is 0 Å². The van der Waals surface area contributed by atoms with Gasteiger partial charge in [0.05, 0.1) is 6.61 Å². The summed E-state index contributed by atoms with van der Waals surface area (Å²) in [5, 5.41) is 8.44. The molecule has 0 bridgehead atoms. The summed E-state index contributed by atoms with van der Waals surface area (Å²) in [6.07, 6.45) is 3.85. The molecule has 0 saturated carbocycles. The quantitative estimate of drug-likeness (QED) is 0.471. The van der Waals surface area contributed by atoms with E-state index < -0.39 is 0 Å². The SMILES string of the molecule is CC(C)=CCOCCCCO. The van der Waals surface area contributed by atoms with E-state index in [1.807, 2.05) is 0 Å². The van der Waals surface area contributed by atoms with E-state index in [9.17, 15) is 0 Å². The second-order valence-corrected chi connectivity index (χ2v) is 2.79. The zero-order chi connectivity index (χ0) is 8.53. The van der Waals surface area contributed by atoms with Crippen molar-refractivity contribution >= 4 is 0 Å². The lowest BCUT2D eigenvalue weighted by Gasteiger charge is -1.99. The van der Waals surface area contributed by atoms with Crippen LogP contribution in [-0.4, -0.2) is 24.9 Å². The van der Waals surface area contributed by atoms with Gasteiger partial charge in [0.15, 0.2) is 0 Å². The van der Waals surface area contributed by atoms with Gasteiger partial charge < -0.3 is 9.84 Å². The molecule has 2 heteroatoms. The van der Waals surface area contributed by atoms with Gasteiger partial charge in [0, 0.05) is 13.2 Å². The predicted octanol–water partition coefficient (Wildman–Crippen LogP) is 1.74. The summed E-state index contributed by atoms with van der Waals surface area (Å²) in [4.78, 5) is 0. The summed E-state index contributed by atoms with van der Waals surface area (Å²) in [5.74, 6) is 0. The Balaban J connectivity index is 2.97. The molecule has 0 aliphatic carbocycles. The Labute approximate surface area is 68.9 Å². The fraction of sp³-hybridized carbons (Fsp3) is 0.778. The number of hydrogen-bond donors (Lipinski definition) is 1. The van der Waals surface area contributed by atoms with Gasteiger partial charge in [-0.25, -0.2) is 0 Å². The van der Waals surface area contributed by atoms with Crippen LogP contribution < -0.4 is 0 Å². The molecule has 0 radical (unpaired) electrons. The molecule has 1 N–H and O–H groups in total. The van der Waals surface area contributed by atoms with Crippen LogP contribution in [0.5, 0.6) is 0 Å². The van der Waals surface area contributed by atoms with E-state index in [4.69, 9.17) is 9.84 Å². The highest BCUT2D eigenvalue weighted by molar-refractivity contribution is 4.92. The van der Waals surface area contributed by atoms with Gasteiger partial charge in [-0.15, -0.1) is 0 Å². The average Bonchev–Trinajstić information content (AvgIpc) is 1.96. The van der Waals surface area contributed by atoms with Crippen molar-refractivity contribution in [3.63, 3.8) is 0 Å². The van der Waals surface area contributed by atoms with Crippen molar-refractivity contribution in [1.29, 1.82) is 0 Å². The van der Waals surface area contributed by atoms with E-state index in [0.29, 0.717) is 6.61 Å². The molecule has 0 fully saturated rings. The van der Waals surface area contributed by atoms with Crippen LogP contribution in [0.2, 0.25) is 0 Å². The van der Waals surface area contributed by atoms with Crippen LogP contribution >= 0.6 is 0 Å². The lowest BCUT2D eigenvalue weighted by atomic mass is 10.3. The van der Waals surface area contributed by atoms with Crippen molar-refractivity contribution in [2.75, 3.05) is 19.8 Å². The number of rotatable bonds is 6. The second-order valence-electron chi connectivity index (χ2n) is 2.79. The lowest BCUT2D eigenvalue weighted by Crippen LogP contribution is -1.96. The monoisotopic (exact) mass is 158 g/mol. The Kier molecular flexibility index (Phi) is 7.52. The molecule has 0 saturated heterocycles. The zero-order valence-corrected chi connectivity index (χ0v) is 7.47. The molecular weight excluding hydrogens is 140 g/mol. The smallest absolute Gasteiger partial charge is 0.0649 e. The molecule has 2 nitrogen and oxygen atoms in total. The number of ether oxygens (including phenoxy) is 1. The highest BCUT2D eigenvalue weighted by Gasteiger charge is 1.85. The molecule has 0 unspecified atom stereocenters. The van der Waals surface area contributed by atoms with Gasteiger partial charge in [-0.1, -0.05) is 11.6 Å². The summed E-state index contributed by atoms with van der Waals surface area (Å²) in [6, 6.07) is 0. The molecule has 0 amide bonds. The van der Waals surface area contributed by atoms with Crippen LogP contribution in [0.1, 0.15) is 26.7 Å². The fourth-order valence-electron chi connectivity index (χ4n) is 0.625. The van der Waals surface area contributed by atoms with Gasteiger partial charge >= 0.3 is 0 Å². The summed E-state index contributed by atoms with van der Waals surface area (Å²) in [5.41, 5.74) is 1.28. The van der Waals surface area contributed by atoms with Gasteiger partial charge in [-0.3, -0.25) is 0 Å². The molecule has 0 aliphatic heterocycles. The predicted molar refractivity (Wildman–Crippen MR) is 46.6 cm³/mol. The Morgan fingerprint density at radius 1 is 1.36 bits per heavy atom. The molecule has 0 rings (SSSR count). The van der Waals surface area contributed by atoms with E-state index in [0.717, 1.165) is 19.4 Å². The van der Waals surface area contributed by atoms with Gasteiger partial charge in [-0.05, 0) is 26.7 Å². The first kappa shape index (κ1) is 10.7. The summed E-state index contributed by atoms with van der Waals surface area (Å²) in [7, 11) is 0. The second kappa shape index (κ2) is 7.76. The van der Waals surface area contributed by atoms with Gasteiger partial charge in [0.1, 0.15) is 0 Å². The fourth-order valence-corrected chi connectivity index (χ4v) is 0.625. The van der Waals surface area contributed by atoms with Crippen LogP contribution in [-0.2, 0) is 4.74 Å². The lowest BCUT2D eigenvalue weighted by molar-refractivity contribution is 0.150. The van der Waals surface area contributed by atoms with Crippen LogP contribution in [0.25, 0.3) is 0 Å². The molecule has 0 spiro atoms. The van der Waals surface area contributed by atoms with Crippen molar-refractivity contribution in [3.8, 4) is 0 Å². The zero-order valence-electron chi connectivity index (χ0n) is 7.47. The highest BCUT2D eigenvalue weighted by Crippen LogP contribution is 1.91. The normalized spacial score (nSPS) is 9.73. The maximum Gasteiger partial charge on any atom is 0.0649 e. The maximum atomic E-state index is 8.44. The third kappa shape index (κ3) is 9.66. The minimum Gasteiger partial charge on any atom is -0.396 e. The summed E-state index contributed by atoms with van der Waals surface area (Å²) in [6.45, 7) is 5.83. The summed E-state index contributed by atoms with van der Waals surface area (Å²) < 4.78 is 5.26. The number of allylic oxidation sites excluding steroid dienone is 1. The van der Waals surface area contributed by atoms with Crippen LogP contribution in [0.4, 0.5) is 0 Å². The number of hydrogen-bond acceptors (Lipinski definition) is 2. The Morgan fingerprint density at radius 2 is 2.09 bits per heavy atom. The Morgan fingerprint density at radius 3 is 2.64 bits per heavy atom. The first-order chi connectivity index (χ1) is 5.27. The van der Waals surface area contributed by atoms with Crippen LogP contribution in [0, 0.1) is 0 Å². The summed E-state index contributed by atoms with van der Waals surface area (Å²) >= 11 is 0. The molecule has 0 heterocycles. The van der Waals surface area contributed by atoms with Gasteiger partial charge in [-0.2, -0.15) is 0 Å². The van der Waals surface area contributed by atoms with E-state index in [2.05, 4.69) is 19.9 Å². The van der Waals surface area contributed by atoms with E-state index in [1.54, 1.807) is 0 Å². The Hall–Kier alpha value is -0.340. The minimum absolute atomic E-state index is 0.270. The molecule has 0 aromatic rings. The van der Waals surface area contributed by atoms with Crippen molar-refractivity contribution in [3.05, 3.63) is 11.6 Å². The molecule has 11 heavy (non-hydrogen) atoms. The van der Waals surface area contributed by atoms with Crippen molar-refractivity contribution in [2.24, 2.45) is 0 Å². The highest BCUT2D eigenvalue weighted by atomic mass is 16.5. The molecular formula is C9H18O2. The number of aliphatic hydroxyl groups excluding tert-OH is 1. The number of aliphatic hydroxyl groups is 1. The molecule has 0 aliphatic rings. The third-order valence-electron chi connectivity index (χ3n) is 1.31. The molecule has 66 valence electrons. The topological polar surface area (TPSA) is 29.5 Å². The van der Waals surface area contributed by atoms with Crippen molar-refractivity contribution < 1.29 is 9.84 Å². The Bertz CT molecular complexity index is 104.